The third kappa shape index (κ3) is 5.19. The van der Waals surface area contributed by atoms with E-state index in [0.29, 0.717) is 10.0 Å². The third-order valence-corrected chi connectivity index (χ3v) is 5.65. The maximum Gasteiger partial charge on any atom is 0.333 e. The van der Waals surface area contributed by atoms with Gasteiger partial charge >= 0.3 is 6.03 Å². The standard InChI is InChI=1S/C13H13ClN2O5S2/c1-20-21-8-9-2-4-10(5-3-9)15-13(17)16-23(18,19)12-7-6-11(14)22-12/h2-7H,8H2,1H3,(H2,15,16,17). The summed E-state index contributed by atoms with van der Waals surface area (Å²) in [7, 11) is -2.54. The molecule has 23 heavy (non-hydrogen) atoms. The molecule has 0 aliphatic carbocycles. The van der Waals surface area contributed by atoms with E-state index in [1.165, 1.54) is 19.2 Å². The Morgan fingerprint density at radius 3 is 2.48 bits per heavy atom. The molecule has 0 radical (unpaired) electrons. The van der Waals surface area contributed by atoms with Gasteiger partial charge in [0.15, 0.2) is 0 Å². The van der Waals surface area contributed by atoms with Gasteiger partial charge in [0.2, 0.25) is 0 Å². The number of anilines is 1. The highest BCUT2D eigenvalue weighted by atomic mass is 35.5. The van der Waals surface area contributed by atoms with E-state index in [4.69, 9.17) is 16.5 Å². The van der Waals surface area contributed by atoms with Gasteiger partial charge in [-0.05, 0) is 29.8 Å². The van der Waals surface area contributed by atoms with Crippen LogP contribution in [0.25, 0.3) is 0 Å². The molecule has 0 spiro atoms. The molecule has 0 bridgehead atoms. The minimum absolute atomic E-state index is 0.0373. The van der Waals surface area contributed by atoms with Gasteiger partial charge in [0.05, 0.1) is 11.4 Å². The van der Waals surface area contributed by atoms with Crippen molar-refractivity contribution in [2.45, 2.75) is 10.8 Å². The van der Waals surface area contributed by atoms with E-state index in [-0.39, 0.29) is 10.8 Å². The van der Waals surface area contributed by atoms with Crippen LogP contribution in [0.4, 0.5) is 10.5 Å². The van der Waals surface area contributed by atoms with Crippen LogP contribution in [-0.4, -0.2) is 21.6 Å². The van der Waals surface area contributed by atoms with Gasteiger partial charge in [-0.3, -0.25) is 0 Å². The number of benzene rings is 1. The maximum atomic E-state index is 12.0. The van der Waals surface area contributed by atoms with Crippen LogP contribution in [0, 0.1) is 0 Å². The molecule has 10 heteroatoms. The lowest BCUT2D eigenvalue weighted by Gasteiger charge is -2.08. The minimum atomic E-state index is -3.94. The van der Waals surface area contributed by atoms with E-state index in [0.717, 1.165) is 16.9 Å². The number of hydrogen-bond donors (Lipinski definition) is 2. The van der Waals surface area contributed by atoms with Gasteiger partial charge in [-0.1, -0.05) is 23.7 Å². The number of thiophene rings is 1. The molecule has 0 saturated carbocycles. The Hall–Kier alpha value is -1.65. The predicted molar refractivity (Wildman–Crippen MR) is 86.9 cm³/mol. The number of sulfonamides is 1. The summed E-state index contributed by atoms with van der Waals surface area (Å²) in [5.41, 5.74) is 1.27. The van der Waals surface area contributed by atoms with Gasteiger partial charge in [-0.15, -0.1) is 11.3 Å². The molecule has 0 aliphatic heterocycles. The smallest absolute Gasteiger partial charge is 0.307 e. The topological polar surface area (TPSA) is 93.7 Å². The largest absolute Gasteiger partial charge is 0.333 e. The number of hydrogen-bond acceptors (Lipinski definition) is 6. The Bertz CT molecular complexity index is 774. The molecule has 0 unspecified atom stereocenters. The molecule has 1 heterocycles. The molecule has 7 nitrogen and oxygen atoms in total. The first kappa shape index (κ1) is 17.7. The van der Waals surface area contributed by atoms with Crippen molar-refractivity contribution >= 4 is 44.7 Å². The molecule has 0 aliphatic rings. The second kappa shape index (κ2) is 7.75. The first-order chi connectivity index (χ1) is 10.9. The van der Waals surface area contributed by atoms with Crippen LogP contribution in [0.1, 0.15) is 5.56 Å². The molecule has 2 rings (SSSR count). The van der Waals surface area contributed by atoms with Crippen molar-refractivity contribution in [2.24, 2.45) is 0 Å². The molecular weight excluding hydrogens is 364 g/mol. The van der Waals surface area contributed by atoms with Crippen molar-refractivity contribution < 1.29 is 23.0 Å². The van der Waals surface area contributed by atoms with Gasteiger partial charge in [-0.2, -0.15) is 0 Å². The van der Waals surface area contributed by atoms with Gasteiger partial charge in [0.25, 0.3) is 10.0 Å². The normalized spacial score (nSPS) is 11.2. The summed E-state index contributed by atoms with van der Waals surface area (Å²) in [6.45, 7) is 0.260. The molecule has 1 aromatic heterocycles. The average molecular weight is 377 g/mol. The Kier molecular flexibility index (Phi) is 5.97. The summed E-state index contributed by atoms with van der Waals surface area (Å²) in [6, 6.07) is 8.55. The third-order valence-electron chi connectivity index (χ3n) is 2.60. The zero-order chi connectivity index (χ0) is 16.9. The number of amides is 2. The molecule has 2 amide bonds. The first-order valence-corrected chi connectivity index (χ1v) is 8.92. The molecule has 0 atom stereocenters. The summed E-state index contributed by atoms with van der Waals surface area (Å²) in [4.78, 5) is 21.0. The molecule has 0 fully saturated rings. The molecule has 2 N–H and O–H groups in total. The lowest BCUT2D eigenvalue weighted by Crippen LogP contribution is -2.33. The molecular formula is C13H13ClN2O5S2. The quantitative estimate of drug-likeness (QED) is 0.597. The molecule has 2 aromatic rings. The van der Waals surface area contributed by atoms with Crippen molar-refractivity contribution in [2.75, 3.05) is 12.4 Å². The molecule has 1 aromatic carbocycles. The van der Waals surface area contributed by atoms with Crippen molar-refractivity contribution in [3.05, 3.63) is 46.3 Å². The van der Waals surface area contributed by atoms with Crippen LogP contribution in [0.3, 0.4) is 0 Å². The molecule has 124 valence electrons. The lowest BCUT2D eigenvalue weighted by molar-refractivity contribution is -0.282. The highest BCUT2D eigenvalue weighted by Gasteiger charge is 2.19. The van der Waals surface area contributed by atoms with E-state index in [1.54, 1.807) is 24.3 Å². The van der Waals surface area contributed by atoms with Gasteiger partial charge < -0.3 is 5.32 Å². The number of halogens is 1. The average Bonchev–Trinajstić information content (AvgIpc) is 2.93. The summed E-state index contributed by atoms with van der Waals surface area (Å²) >= 11 is 6.55. The number of carbonyl (C=O) groups excluding carboxylic acids is 1. The van der Waals surface area contributed by atoms with Gasteiger partial charge in [-0.25, -0.2) is 27.7 Å². The maximum absolute atomic E-state index is 12.0. The Morgan fingerprint density at radius 2 is 1.91 bits per heavy atom. The van der Waals surface area contributed by atoms with Crippen molar-refractivity contribution in [1.82, 2.24) is 4.72 Å². The van der Waals surface area contributed by atoms with E-state index in [1.807, 2.05) is 4.72 Å². The van der Waals surface area contributed by atoms with Crippen LogP contribution in [-0.2, 0) is 26.4 Å². The Balaban J connectivity index is 1.96. The van der Waals surface area contributed by atoms with E-state index in [2.05, 4.69) is 10.2 Å². The number of urea groups is 1. The summed E-state index contributed by atoms with van der Waals surface area (Å²) in [5, 5.41) is 2.43. The van der Waals surface area contributed by atoms with Gasteiger partial charge in [0, 0.05) is 5.69 Å². The van der Waals surface area contributed by atoms with E-state index < -0.39 is 16.1 Å². The SMILES string of the molecule is COOCc1ccc(NC(=O)NS(=O)(=O)c2ccc(Cl)s2)cc1. The van der Waals surface area contributed by atoms with Crippen molar-refractivity contribution in [3.63, 3.8) is 0 Å². The van der Waals surface area contributed by atoms with E-state index in [9.17, 15) is 13.2 Å². The summed E-state index contributed by atoms with van der Waals surface area (Å²) < 4.78 is 26.1. The van der Waals surface area contributed by atoms with Gasteiger partial charge in [0.1, 0.15) is 10.8 Å². The number of nitrogens with one attached hydrogen (secondary N) is 2. The van der Waals surface area contributed by atoms with Crippen molar-refractivity contribution in [3.8, 4) is 0 Å². The van der Waals surface area contributed by atoms with Crippen LogP contribution in [0.5, 0.6) is 0 Å². The first-order valence-electron chi connectivity index (χ1n) is 6.24. The lowest BCUT2D eigenvalue weighted by atomic mass is 10.2. The zero-order valence-electron chi connectivity index (χ0n) is 11.9. The van der Waals surface area contributed by atoms with E-state index >= 15 is 0 Å². The van der Waals surface area contributed by atoms with Crippen LogP contribution >= 0.6 is 22.9 Å². The highest BCUT2D eigenvalue weighted by Crippen LogP contribution is 2.25. The summed E-state index contributed by atoms with van der Waals surface area (Å²) in [6.07, 6.45) is 0. The fourth-order valence-corrected chi connectivity index (χ4v) is 3.97. The summed E-state index contributed by atoms with van der Waals surface area (Å²) in [5.74, 6) is 0. The Labute approximate surface area is 142 Å². The minimum Gasteiger partial charge on any atom is -0.307 e. The molecule has 0 saturated heterocycles. The fraction of sp³-hybridized carbons (Fsp3) is 0.154. The van der Waals surface area contributed by atoms with Crippen molar-refractivity contribution in [1.29, 1.82) is 0 Å². The fourth-order valence-electron chi connectivity index (χ4n) is 1.58. The zero-order valence-corrected chi connectivity index (χ0v) is 14.3. The van der Waals surface area contributed by atoms with Crippen LogP contribution in [0.2, 0.25) is 4.34 Å². The predicted octanol–water partition coefficient (Wildman–Crippen LogP) is 2.99. The highest BCUT2D eigenvalue weighted by molar-refractivity contribution is 7.92. The van der Waals surface area contributed by atoms with Crippen LogP contribution in [0.15, 0.2) is 40.6 Å². The Morgan fingerprint density at radius 1 is 1.22 bits per heavy atom. The monoisotopic (exact) mass is 376 g/mol. The number of carbonyl (C=O) groups is 1. The number of rotatable bonds is 6. The van der Waals surface area contributed by atoms with Crippen LogP contribution < -0.4 is 10.0 Å². The second-order valence-corrected chi connectivity index (χ2v) is 7.87. The second-order valence-electron chi connectivity index (χ2n) is 4.24.